The summed E-state index contributed by atoms with van der Waals surface area (Å²) in [5.74, 6) is -1.55. The molecule has 8 heteroatoms. The minimum atomic E-state index is -1.01. The summed E-state index contributed by atoms with van der Waals surface area (Å²) >= 11 is 15.1. The maximum Gasteiger partial charge on any atom is 0.303 e. The van der Waals surface area contributed by atoms with Gasteiger partial charge in [-0.1, -0.05) is 39.1 Å². The van der Waals surface area contributed by atoms with E-state index in [1.54, 1.807) is 12.1 Å². The third-order valence-corrected chi connectivity index (χ3v) is 3.32. The van der Waals surface area contributed by atoms with Crippen molar-refractivity contribution < 1.29 is 14.7 Å². The Hall–Kier alpha value is -0.820. The van der Waals surface area contributed by atoms with Crippen molar-refractivity contribution in [2.45, 2.75) is 18.9 Å². The van der Waals surface area contributed by atoms with E-state index in [1.807, 2.05) is 0 Å². The van der Waals surface area contributed by atoms with Crippen LogP contribution in [0.15, 0.2) is 16.6 Å². The molecule has 0 radical (unpaired) electrons. The van der Waals surface area contributed by atoms with Crippen LogP contribution >= 0.6 is 39.1 Å². The molecule has 1 amide bonds. The van der Waals surface area contributed by atoms with Gasteiger partial charge in [-0.3, -0.25) is 9.59 Å². The highest BCUT2D eigenvalue weighted by Gasteiger charge is 2.18. The molecule has 0 aliphatic heterocycles. The smallest absolute Gasteiger partial charge is 0.303 e. The van der Waals surface area contributed by atoms with Crippen LogP contribution in [-0.2, 0) is 9.59 Å². The van der Waals surface area contributed by atoms with Gasteiger partial charge in [0, 0.05) is 10.9 Å². The van der Waals surface area contributed by atoms with Gasteiger partial charge in [0.25, 0.3) is 0 Å². The zero-order chi connectivity index (χ0) is 14.6. The van der Waals surface area contributed by atoms with E-state index in [2.05, 4.69) is 21.2 Å². The van der Waals surface area contributed by atoms with Crippen molar-refractivity contribution in [3.05, 3.63) is 26.7 Å². The fourth-order valence-corrected chi connectivity index (χ4v) is 2.59. The molecule has 0 heterocycles. The van der Waals surface area contributed by atoms with Gasteiger partial charge < -0.3 is 16.2 Å². The third-order valence-electron chi connectivity index (χ3n) is 2.26. The Morgan fingerprint density at radius 3 is 2.37 bits per heavy atom. The number of aliphatic carboxylic acids is 1. The summed E-state index contributed by atoms with van der Waals surface area (Å²) in [5.41, 5.74) is 5.82. The molecule has 0 spiro atoms. The Morgan fingerprint density at radius 2 is 1.89 bits per heavy atom. The Morgan fingerprint density at radius 1 is 1.37 bits per heavy atom. The van der Waals surface area contributed by atoms with Gasteiger partial charge in [0.2, 0.25) is 5.91 Å². The van der Waals surface area contributed by atoms with Crippen LogP contribution in [0.5, 0.6) is 0 Å². The van der Waals surface area contributed by atoms with Crippen molar-refractivity contribution in [2.75, 3.05) is 5.32 Å². The van der Waals surface area contributed by atoms with Crippen LogP contribution in [0.2, 0.25) is 10.0 Å². The molecule has 0 saturated heterocycles. The van der Waals surface area contributed by atoms with Crippen LogP contribution in [0.25, 0.3) is 0 Å². The van der Waals surface area contributed by atoms with E-state index < -0.39 is 17.9 Å². The molecule has 19 heavy (non-hydrogen) atoms. The normalized spacial score (nSPS) is 12.0. The number of nitrogens with two attached hydrogens (primary N) is 1. The van der Waals surface area contributed by atoms with Gasteiger partial charge >= 0.3 is 5.97 Å². The Balaban J connectivity index is 2.74. The van der Waals surface area contributed by atoms with E-state index in [0.29, 0.717) is 4.47 Å². The number of carboxylic acids is 1. The first kappa shape index (κ1) is 16.2. The fraction of sp³-hybridized carbons (Fsp3) is 0.273. The molecule has 0 aliphatic rings. The number of benzene rings is 1. The van der Waals surface area contributed by atoms with E-state index in [9.17, 15) is 9.59 Å². The summed E-state index contributed by atoms with van der Waals surface area (Å²) in [7, 11) is 0. The van der Waals surface area contributed by atoms with Crippen LogP contribution in [0.4, 0.5) is 5.69 Å². The fourth-order valence-electron chi connectivity index (χ4n) is 1.29. The standard InChI is InChI=1S/C11H11BrCl2N2O3/c12-5-3-6(13)10(7(14)4-5)16-11(19)8(15)1-2-9(17)18/h3-4,8H,1-2,15H2,(H,16,19)(H,17,18). The maximum atomic E-state index is 11.8. The number of rotatable bonds is 5. The van der Waals surface area contributed by atoms with Crippen LogP contribution in [0, 0.1) is 0 Å². The van der Waals surface area contributed by atoms with Crippen molar-refractivity contribution in [3.8, 4) is 0 Å². The molecule has 104 valence electrons. The SMILES string of the molecule is NC(CCC(=O)O)C(=O)Nc1c(Cl)cc(Br)cc1Cl. The van der Waals surface area contributed by atoms with E-state index in [1.165, 1.54) is 0 Å². The topological polar surface area (TPSA) is 92.4 Å². The molecule has 0 saturated carbocycles. The van der Waals surface area contributed by atoms with Crippen molar-refractivity contribution in [1.29, 1.82) is 0 Å². The van der Waals surface area contributed by atoms with E-state index in [-0.39, 0.29) is 28.6 Å². The quantitative estimate of drug-likeness (QED) is 0.743. The summed E-state index contributed by atoms with van der Waals surface area (Å²) in [6, 6.07) is 2.21. The average Bonchev–Trinajstić information content (AvgIpc) is 2.30. The largest absolute Gasteiger partial charge is 0.481 e. The molecule has 1 aromatic rings. The molecular weight excluding hydrogens is 359 g/mol. The highest BCUT2D eigenvalue weighted by Crippen LogP contribution is 2.33. The van der Waals surface area contributed by atoms with Gasteiger partial charge in [-0.05, 0) is 18.6 Å². The Labute approximate surface area is 128 Å². The predicted octanol–water partition coefficient (Wildman–Crippen LogP) is 2.89. The van der Waals surface area contributed by atoms with Crippen molar-refractivity contribution in [3.63, 3.8) is 0 Å². The summed E-state index contributed by atoms with van der Waals surface area (Å²) in [6.07, 6.45) is -0.149. The number of amides is 1. The number of carbonyl (C=O) groups is 2. The molecular formula is C11H11BrCl2N2O3. The van der Waals surface area contributed by atoms with Crippen LogP contribution < -0.4 is 11.1 Å². The number of hydrogen-bond acceptors (Lipinski definition) is 3. The third kappa shape index (κ3) is 4.99. The van der Waals surface area contributed by atoms with Crippen molar-refractivity contribution in [2.24, 2.45) is 5.73 Å². The summed E-state index contributed by atoms with van der Waals surface area (Å²) in [5, 5.41) is 11.5. The van der Waals surface area contributed by atoms with E-state index in [4.69, 9.17) is 34.0 Å². The van der Waals surface area contributed by atoms with Crippen LogP contribution in [0.1, 0.15) is 12.8 Å². The molecule has 4 N–H and O–H groups in total. The van der Waals surface area contributed by atoms with Gasteiger partial charge in [0.05, 0.1) is 21.8 Å². The Bertz CT molecular complexity index is 488. The molecule has 1 atom stereocenters. The molecule has 0 fully saturated rings. The van der Waals surface area contributed by atoms with E-state index in [0.717, 1.165) is 0 Å². The van der Waals surface area contributed by atoms with E-state index >= 15 is 0 Å². The second kappa shape index (κ2) is 7.09. The van der Waals surface area contributed by atoms with Gasteiger partial charge in [-0.2, -0.15) is 0 Å². The lowest BCUT2D eigenvalue weighted by atomic mass is 10.1. The molecule has 0 bridgehead atoms. The first-order valence-electron chi connectivity index (χ1n) is 5.24. The van der Waals surface area contributed by atoms with Crippen molar-refractivity contribution in [1.82, 2.24) is 0 Å². The first-order valence-corrected chi connectivity index (χ1v) is 6.79. The Kier molecular flexibility index (Phi) is 6.06. The van der Waals surface area contributed by atoms with Gasteiger partial charge in [0.1, 0.15) is 0 Å². The second-order valence-corrected chi connectivity index (χ2v) is 5.50. The molecule has 1 rings (SSSR count). The lowest BCUT2D eigenvalue weighted by Crippen LogP contribution is -2.36. The zero-order valence-electron chi connectivity index (χ0n) is 9.62. The molecule has 1 unspecified atom stereocenters. The van der Waals surface area contributed by atoms with Crippen molar-refractivity contribution >= 4 is 56.7 Å². The van der Waals surface area contributed by atoms with Gasteiger partial charge in [-0.15, -0.1) is 0 Å². The number of anilines is 1. The predicted molar refractivity (Wildman–Crippen MR) is 77.6 cm³/mol. The zero-order valence-corrected chi connectivity index (χ0v) is 12.7. The number of halogens is 3. The summed E-state index contributed by atoms with van der Waals surface area (Å²) < 4.78 is 0.677. The lowest BCUT2D eigenvalue weighted by molar-refractivity contribution is -0.137. The highest BCUT2D eigenvalue weighted by atomic mass is 79.9. The number of hydrogen-bond donors (Lipinski definition) is 3. The van der Waals surface area contributed by atoms with Crippen LogP contribution in [0.3, 0.4) is 0 Å². The van der Waals surface area contributed by atoms with Crippen LogP contribution in [-0.4, -0.2) is 23.0 Å². The number of nitrogens with one attached hydrogen (secondary N) is 1. The number of carbonyl (C=O) groups excluding carboxylic acids is 1. The second-order valence-electron chi connectivity index (χ2n) is 3.77. The molecule has 1 aromatic carbocycles. The van der Waals surface area contributed by atoms with Gasteiger partial charge in [-0.25, -0.2) is 0 Å². The minimum absolute atomic E-state index is 0.0347. The molecule has 5 nitrogen and oxygen atoms in total. The lowest BCUT2D eigenvalue weighted by Gasteiger charge is -2.13. The highest BCUT2D eigenvalue weighted by molar-refractivity contribution is 9.10. The average molecular weight is 370 g/mol. The molecule has 0 aliphatic carbocycles. The monoisotopic (exact) mass is 368 g/mol. The summed E-state index contributed by atoms with van der Waals surface area (Å²) in [6.45, 7) is 0. The maximum absolute atomic E-state index is 11.8. The van der Waals surface area contributed by atoms with Gasteiger partial charge in [0.15, 0.2) is 0 Å². The molecule has 0 aromatic heterocycles. The summed E-state index contributed by atoms with van der Waals surface area (Å²) in [4.78, 5) is 22.2. The minimum Gasteiger partial charge on any atom is -0.481 e. The number of carboxylic acid groups (broad SMARTS) is 1. The first-order chi connectivity index (χ1) is 8.81.